The van der Waals surface area contributed by atoms with Gasteiger partial charge in [-0.3, -0.25) is 4.79 Å². The van der Waals surface area contributed by atoms with Crippen LogP contribution in [-0.2, 0) is 29.7 Å². The van der Waals surface area contributed by atoms with E-state index < -0.39 is 72.6 Å². The van der Waals surface area contributed by atoms with Gasteiger partial charge in [-0.2, -0.15) is 13.2 Å². The summed E-state index contributed by atoms with van der Waals surface area (Å²) in [7, 11) is -15.2. The summed E-state index contributed by atoms with van der Waals surface area (Å²) in [5.74, 6) is -2.27. The Morgan fingerprint density at radius 3 is 1.92 bits per heavy atom. The number of hydrogen-bond donors (Lipinski definition) is 2. The van der Waals surface area contributed by atoms with Gasteiger partial charge in [0.2, 0.25) is 25.6 Å². The van der Waals surface area contributed by atoms with Crippen LogP contribution in [0.4, 0.5) is 17.6 Å². The van der Waals surface area contributed by atoms with Crippen LogP contribution in [0.5, 0.6) is 0 Å². The first-order valence-electron chi connectivity index (χ1n) is 10.3. The van der Waals surface area contributed by atoms with Crippen molar-refractivity contribution in [1.82, 2.24) is 4.72 Å². The van der Waals surface area contributed by atoms with Crippen LogP contribution in [0, 0.1) is 5.82 Å². The predicted octanol–water partition coefficient (Wildman–Crippen LogP) is 3.09. The maximum absolute atomic E-state index is 14.4. The number of benzene rings is 3. The molecule has 0 bridgehead atoms. The van der Waals surface area contributed by atoms with Crippen LogP contribution >= 0.6 is 0 Å². The molecule has 0 aromatic heterocycles. The van der Waals surface area contributed by atoms with Crippen LogP contribution in [-0.4, -0.2) is 36.7 Å². The number of halogens is 4. The average Bonchev–Trinajstić information content (AvgIpc) is 2.82. The van der Waals surface area contributed by atoms with Crippen molar-refractivity contribution < 1.29 is 47.6 Å². The number of sulfonamides is 1. The molecule has 3 rings (SSSR count). The van der Waals surface area contributed by atoms with Gasteiger partial charge in [0.25, 0.3) is 0 Å². The fourth-order valence-electron chi connectivity index (χ4n) is 3.30. The summed E-state index contributed by atoms with van der Waals surface area (Å²) in [6, 6.07) is 9.09. The molecule has 0 unspecified atom stereocenters. The minimum absolute atomic E-state index is 0.0416. The van der Waals surface area contributed by atoms with E-state index in [9.17, 15) is 47.6 Å². The summed E-state index contributed by atoms with van der Waals surface area (Å²) in [5.41, 5.74) is -0.780. The van der Waals surface area contributed by atoms with Crippen LogP contribution < -0.4 is 10.5 Å². The first kappa shape index (κ1) is 29.2. The number of alkyl halides is 3. The van der Waals surface area contributed by atoms with Gasteiger partial charge in [0.1, 0.15) is 10.7 Å². The highest BCUT2D eigenvalue weighted by Gasteiger charge is 2.46. The molecule has 1 amide bonds. The highest BCUT2D eigenvalue weighted by Crippen LogP contribution is 2.33. The number of primary amides is 1. The fraction of sp³-hybridized carbons (Fsp3) is 0.136. The molecule has 0 saturated heterocycles. The molecule has 0 heterocycles. The quantitative estimate of drug-likeness (QED) is 0.380. The van der Waals surface area contributed by atoms with E-state index in [0.717, 1.165) is 55.5 Å². The third kappa shape index (κ3) is 5.57. The highest BCUT2D eigenvalue weighted by atomic mass is 32.2. The third-order valence-electron chi connectivity index (χ3n) is 5.26. The van der Waals surface area contributed by atoms with Crippen LogP contribution in [0.2, 0.25) is 0 Å². The summed E-state index contributed by atoms with van der Waals surface area (Å²) in [5, 5.41) is 0. The van der Waals surface area contributed by atoms with Crippen molar-refractivity contribution in [2.45, 2.75) is 38.1 Å². The summed E-state index contributed by atoms with van der Waals surface area (Å²) >= 11 is 0. The number of amides is 1. The average molecular weight is 595 g/mol. The van der Waals surface area contributed by atoms with Crippen molar-refractivity contribution >= 4 is 35.6 Å². The van der Waals surface area contributed by atoms with Crippen molar-refractivity contribution in [3.05, 3.63) is 83.7 Å². The lowest BCUT2D eigenvalue weighted by Crippen LogP contribution is -2.37. The Balaban J connectivity index is 2.11. The minimum Gasteiger partial charge on any atom is -0.366 e. The molecule has 3 aromatic carbocycles. The number of carbonyl (C=O) groups is 1. The second-order valence-electron chi connectivity index (χ2n) is 7.82. The van der Waals surface area contributed by atoms with Gasteiger partial charge in [-0.25, -0.2) is 34.4 Å². The van der Waals surface area contributed by atoms with Gasteiger partial charge in [0.05, 0.1) is 14.7 Å². The Hall–Kier alpha value is -3.34. The lowest BCUT2D eigenvalue weighted by molar-refractivity contribution is -0.0450. The number of nitrogens with one attached hydrogen (secondary N) is 1. The van der Waals surface area contributed by atoms with Crippen molar-refractivity contribution in [1.29, 1.82) is 0 Å². The van der Waals surface area contributed by atoms with Gasteiger partial charge in [-0.05, 0) is 55.0 Å². The summed E-state index contributed by atoms with van der Waals surface area (Å²) in [6.07, 6.45) is 0. The molecule has 204 valence electrons. The molecule has 0 aliphatic carbocycles. The Morgan fingerprint density at radius 2 is 1.39 bits per heavy atom. The molecule has 0 aliphatic heterocycles. The van der Waals surface area contributed by atoms with Gasteiger partial charge in [-0.1, -0.05) is 24.3 Å². The number of nitrogens with two attached hydrogens (primary N) is 1. The molecule has 1 atom stereocenters. The molecule has 16 heteroatoms. The first-order valence-corrected chi connectivity index (χ1v) is 14.7. The zero-order valence-corrected chi connectivity index (χ0v) is 21.5. The van der Waals surface area contributed by atoms with E-state index in [1.165, 1.54) is 16.9 Å². The summed E-state index contributed by atoms with van der Waals surface area (Å²) in [4.78, 5) is 8.51. The van der Waals surface area contributed by atoms with Gasteiger partial charge in [-0.15, -0.1) is 0 Å². The Labute approximate surface area is 215 Å². The van der Waals surface area contributed by atoms with Crippen molar-refractivity contribution in [2.75, 3.05) is 0 Å². The van der Waals surface area contributed by atoms with Gasteiger partial charge in [0, 0.05) is 11.6 Å². The van der Waals surface area contributed by atoms with Crippen LogP contribution in [0.3, 0.4) is 0 Å². The third-order valence-corrected chi connectivity index (χ3v) is 10.3. The van der Waals surface area contributed by atoms with E-state index in [1.807, 2.05) is 0 Å². The maximum Gasteiger partial charge on any atom is 0.511 e. The second kappa shape index (κ2) is 10.1. The largest absolute Gasteiger partial charge is 0.511 e. The van der Waals surface area contributed by atoms with E-state index in [4.69, 9.17) is 5.73 Å². The molecular weight excluding hydrogens is 576 g/mol. The fourth-order valence-corrected chi connectivity index (χ4v) is 7.45. The van der Waals surface area contributed by atoms with Crippen LogP contribution in [0.15, 0.2) is 86.3 Å². The van der Waals surface area contributed by atoms with Gasteiger partial charge < -0.3 is 5.73 Å². The van der Waals surface area contributed by atoms with E-state index in [2.05, 4.69) is 0 Å². The minimum atomic E-state index is -5.69. The SMILES string of the molecule is C[C@H](NS(=O)(=O)C(F)(F)F)c1ccc(S(=O)(=O)c2ccc(C(N)=O)cc2S(=O)(=O)c2ccccc2F)cc1. The predicted molar refractivity (Wildman–Crippen MR) is 125 cm³/mol. The summed E-state index contributed by atoms with van der Waals surface area (Å²) < 4.78 is 130. The van der Waals surface area contributed by atoms with E-state index >= 15 is 0 Å². The lowest BCUT2D eigenvalue weighted by Gasteiger charge is -2.17. The zero-order valence-electron chi connectivity index (χ0n) is 19.1. The number of carbonyl (C=O) groups excluding carboxylic acids is 1. The molecule has 0 fully saturated rings. The first-order chi connectivity index (χ1) is 17.4. The van der Waals surface area contributed by atoms with Gasteiger partial charge in [0.15, 0.2) is 0 Å². The standard InChI is InChI=1S/C22H18F4N2O7S3/c1-13(28-38(34,35)22(24,25)26)14-6-9-16(10-7-14)36(30,31)19-11-8-15(21(27)29)12-20(19)37(32,33)18-5-3-2-4-17(18)23/h2-13,28H,1H3,(H2,27,29)/t13-/m0/s1. The molecule has 9 nitrogen and oxygen atoms in total. The molecule has 3 N–H and O–H groups in total. The molecule has 0 radical (unpaired) electrons. The van der Waals surface area contributed by atoms with Crippen LogP contribution in [0.25, 0.3) is 0 Å². The Morgan fingerprint density at radius 1 is 0.816 bits per heavy atom. The maximum atomic E-state index is 14.4. The number of rotatable bonds is 8. The lowest BCUT2D eigenvalue weighted by atomic mass is 10.1. The van der Waals surface area contributed by atoms with Crippen LogP contribution in [0.1, 0.15) is 28.9 Å². The Kier molecular flexibility index (Phi) is 7.76. The number of hydrogen-bond acceptors (Lipinski definition) is 7. The smallest absolute Gasteiger partial charge is 0.366 e. The highest BCUT2D eigenvalue weighted by molar-refractivity contribution is 7.94. The molecule has 0 spiro atoms. The molecule has 3 aromatic rings. The topological polar surface area (TPSA) is 158 Å². The van der Waals surface area contributed by atoms with E-state index in [0.29, 0.717) is 6.07 Å². The van der Waals surface area contributed by atoms with Crippen molar-refractivity contribution in [3.63, 3.8) is 0 Å². The van der Waals surface area contributed by atoms with E-state index in [1.54, 1.807) is 0 Å². The number of sulfone groups is 2. The molecule has 0 aliphatic rings. The Bertz CT molecular complexity index is 1720. The van der Waals surface area contributed by atoms with Crippen molar-refractivity contribution in [2.24, 2.45) is 5.73 Å². The van der Waals surface area contributed by atoms with Crippen molar-refractivity contribution in [3.8, 4) is 0 Å². The summed E-state index contributed by atoms with van der Waals surface area (Å²) in [6.45, 7) is 1.09. The zero-order chi connectivity index (χ0) is 28.7. The normalized spacial score (nSPS) is 13.7. The molecule has 0 saturated carbocycles. The van der Waals surface area contributed by atoms with Gasteiger partial charge >= 0.3 is 15.5 Å². The molecule has 38 heavy (non-hydrogen) atoms. The molecular formula is C22H18F4N2O7S3. The monoisotopic (exact) mass is 594 g/mol. The van der Waals surface area contributed by atoms with E-state index in [-0.39, 0.29) is 11.1 Å². The second-order valence-corrected chi connectivity index (χ2v) is 13.3.